The molecule has 2 atom stereocenters. The number of carboxylic acids is 1. The summed E-state index contributed by atoms with van der Waals surface area (Å²) in [5.74, 6) is -1.98. The zero-order valence-electron chi connectivity index (χ0n) is 19.4. The molecule has 2 aromatic rings. The molecule has 2 aliphatic rings. The molecule has 0 radical (unpaired) electrons. The molecule has 2 heterocycles. The van der Waals surface area contributed by atoms with E-state index in [1.54, 1.807) is 31.3 Å². The minimum Gasteiger partial charge on any atom is -0.480 e. The van der Waals surface area contributed by atoms with Crippen LogP contribution in [0.25, 0.3) is 0 Å². The molecule has 0 saturated carbocycles. The van der Waals surface area contributed by atoms with Gasteiger partial charge in [-0.25, -0.2) is 4.79 Å². The summed E-state index contributed by atoms with van der Waals surface area (Å²) in [7, 11) is 1.64. The van der Waals surface area contributed by atoms with Crippen molar-refractivity contribution >= 4 is 46.3 Å². The van der Waals surface area contributed by atoms with Gasteiger partial charge in [-0.2, -0.15) is 13.2 Å². The fourth-order valence-electron chi connectivity index (χ4n) is 3.95. The first-order valence-electron chi connectivity index (χ1n) is 11.0. The molecule has 2 aromatic carbocycles. The van der Waals surface area contributed by atoms with E-state index in [4.69, 9.17) is 26.8 Å². The topological polar surface area (TPSA) is 96.4 Å². The highest BCUT2D eigenvalue weighted by Gasteiger charge is 2.39. The van der Waals surface area contributed by atoms with Gasteiger partial charge in [0, 0.05) is 7.05 Å². The number of halogens is 3. The van der Waals surface area contributed by atoms with E-state index in [2.05, 4.69) is 0 Å². The van der Waals surface area contributed by atoms with Crippen LogP contribution >= 0.6 is 24.0 Å². The maximum Gasteiger partial charge on any atom is 0.419 e. The number of rotatable bonds is 8. The van der Waals surface area contributed by atoms with Gasteiger partial charge < -0.3 is 19.5 Å². The summed E-state index contributed by atoms with van der Waals surface area (Å²) in [6, 6.07) is 9.94. The van der Waals surface area contributed by atoms with E-state index >= 15 is 0 Å². The Morgan fingerprint density at radius 2 is 1.84 bits per heavy atom. The summed E-state index contributed by atoms with van der Waals surface area (Å²) in [5.41, 5.74) is 0.0958. The number of thiocarbonyl (C=S) groups is 1. The van der Waals surface area contributed by atoms with E-state index in [1.807, 2.05) is 0 Å². The van der Waals surface area contributed by atoms with Gasteiger partial charge in [0.2, 0.25) is 5.91 Å². The molecule has 0 aromatic heterocycles. The second-order valence-corrected chi connectivity index (χ2v) is 10.4. The number of carbonyl (C=O) groups excluding carboxylic acids is 2. The number of likely N-dealkylation sites (N-methyl/N-ethyl adjacent to an activating group) is 1. The molecule has 2 saturated heterocycles. The molecule has 0 aliphatic carbocycles. The number of nitrogens with zero attached hydrogens (tertiary/aromatic N) is 2. The van der Waals surface area contributed by atoms with Crippen LogP contribution in [-0.2, 0) is 33.3 Å². The number of thioether (sulfide) groups is 1. The van der Waals surface area contributed by atoms with Crippen LogP contribution in [0, 0.1) is 0 Å². The molecule has 0 bridgehead atoms. The van der Waals surface area contributed by atoms with Crippen LogP contribution in [0.3, 0.4) is 0 Å². The van der Waals surface area contributed by atoms with Gasteiger partial charge in [0.05, 0.1) is 16.9 Å². The first-order chi connectivity index (χ1) is 17.4. The van der Waals surface area contributed by atoms with Gasteiger partial charge in [-0.1, -0.05) is 42.2 Å². The molecule has 1 N–H and O–H groups in total. The summed E-state index contributed by atoms with van der Waals surface area (Å²) in [4.78, 5) is 37.4. The van der Waals surface area contributed by atoms with Crippen molar-refractivity contribution in [1.29, 1.82) is 0 Å². The monoisotopic (exact) mass is 554 g/mol. The smallest absolute Gasteiger partial charge is 0.419 e. The van der Waals surface area contributed by atoms with E-state index < -0.39 is 47.3 Å². The number of amides is 2. The molecule has 2 unspecified atom stereocenters. The van der Waals surface area contributed by atoms with Gasteiger partial charge in [0.1, 0.15) is 29.0 Å². The minimum atomic E-state index is -4.72. The average molecular weight is 555 g/mol. The Balaban J connectivity index is 1.47. The lowest BCUT2D eigenvalue weighted by atomic mass is 10.0. The molecular weight excluding hydrogens is 533 g/mol. The normalized spacial score (nSPS) is 19.9. The van der Waals surface area contributed by atoms with Gasteiger partial charge in [-0.15, -0.1) is 0 Å². The first kappa shape index (κ1) is 26.7. The molecule has 196 valence electrons. The largest absolute Gasteiger partial charge is 0.480 e. The highest BCUT2D eigenvalue weighted by molar-refractivity contribution is 8.24. The maximum absolute atomic E-state index is 13.9. The second-order valence-electron chi connectivity index (χ2n) is 8.51. The summed E-state index contributed by atoms with van der Waals surface area (Å²) < 4.78 is 52.2. The summed E-state index contributed by atoms with van der Waals surface area (Å²) in [6.07, 6.45) is -4.65. The predicted octanol–water partition coefficient (Wildman–Crippen LogP) is 4.35. The third-order valence-electron chi connectivity index (χ3n) is 5.93. The number of cyclic esters (lactones) is 1. The summed E-state index contributed by atoms with van der Waals surface area (Å²) in [5, 5.41) is 8.13. The maximum atomic E-state index is 13.9. The predicted molar refractivity (Wildman–Crippen MR) is 132 cm³/mol. The highest BCUT2D eigenvalue weighted by Crippen LogP contribution is 2.40. The second kappa shape index (κ2) is 10.6. The molecule has 37 heavy (non-hydrogen) atoms. The number of hydrogen-bond acceptors (Lipinski definition) is 7. The van der Waals surface area contributed by atoms with Crippen LogP contribution in [0.5, 0.6) is 11.5 Å². The lowest BCUT2D eigenvalue weighted by molar-refractivity contribution is -0.141. The third-order valence-corrected chi connectivity index (χ3v) is 7.51. The van der Waals surface area contributed by atoms with Crippen molar-refractivity contribution in [3.05, 3.63) is 59.2 Å². The van der Waals surface area contributed by atoms with Crippen LogP contribution in [0.4, 0.5) is 18.0 Å². The van der Waals surface area contributed by atoms with Crippen molar-refractivity contribution < 1.29 is 42.1 Å². The SMILES string of the molecule is CN1C(=O)OCC1Cc1ccc(Oc2ccc(CC3SC(=S)N(CC(=O)O)C3=O)cc2C(F)(F)F)cc1. The zero-order valence-corrected chi connectivity index (χ0v) is 21.0. The number of ether oxygens (including phenoxy) is 2. The van der Waals surface area contributed by atoms with Crippen molar-refractivity contribution in [2.24, 2.45) is 0 Å². The standard InChI is InChI=1S/C24H21F3N2O6S2/c1-28-15(12-34-22(28)33)8-13-2-5-16(6-3-13)35-18-7-4-14(9-17(18)24(25,26)27)10-19-21(32)29(11-20(30)31)23(36)37-19/h2-7,9,15,19H,8,10-12H2,1H3,(H,30,31). The van der Waals surface area contributed by atoms with E-state index in [-0.39, 0.29) is 34.7 Å². The Kier molecular flexibility index (Phi) is 7.64. The Labute approximate surface area is 219 Å². The van der Waals surface area contributed by atoms with E-state index in [9.17, 15) is 27.6 Å². The molecule has 4 rings (SSSR count). The number of carboxylic acid groups (broad SMARTS) is 1. The number of carbonyl (C=O) groups is 3. The van der Waals surface area contributed by atoms with Crippen LogP contribution in [0.2, 0.25) is 0 Å². The molecule has 8 nitrogen and oxygen atoms in total. The third kappa shape index (κ3) is 6.16. The fraction of sp³-hybridized carbons (Fsp3) is 0.333. The quantitative estimate of drug-likeness (QED) is 0.482. The van der Waals surface area contributed by atoms with Gasteiger partial charge in [0.15, 0.2) is 0 Å². The summed E-state index contributed by atoms with van der Waals surface area (Å²) >= 11 is 6.00. The van der Waals surface area contributed by atoms with Gasteiger partial charge in [-0.05, 0) is 48.2 Å². The number of hydrogen-bond donors (Lipinski definition) is 1. The number of benzene rings is 2. The van der Waals surface area contributed by atoms with Crippen LogP contribution in [0.1, 0.15) is 16.7 Å². The van der Waals surface area contributed by atoms with Gasteiger partial charge in [-0.3, -0.25) is 14.5 Å². The summed E-state index contributed by atoms with van der Waals surface area (Å²) in [6.45, 7) is -0.326. The van der Waals surface area contributed by atoms with Crippen LogP contribution in [0.15, 0.2) is 42.5 Å². The lowest BCUT2D eigenvalue weighted by Crippen LogP contribution is -2.36. The van der Waals surface area contributed by atoms with E-state index in [1.165, 1.54) is 17.0 Å². The van der Waals surface area contributed by atoms with Crippen molar-refractivity contribution in [2.75, 3.05) is 20.2 Å². The van der Waals surface area contributed by atoms with Gasteiger partial charge in [0.25, 0.3) is 0 Å². The molecule has 13 heteroatoms. The Bertz CT molecular complexity index is 1240. The zero-order chi connectivity index (χ0) is 26.9. The van der Waals surface area contributed by atoms with E-state index in [0.29, 0.717) is 6.42 Å². The van der Waals surface area contributed by atoms with Crippen molar-refractivity contribution in [3.8, 4) is 11.5 Å². The van der Waals surface area contributed by atoms with Gasteiger partial charge >= 0.3 is 18.2 Å². The molecule has 2 amide bonds. The first-order valence-corrected chi connectivity index (χ1v) is 12.3. The van der Waals surface area contributed by atoms with Crippen molar-refractivity contribution in [1.82, 2.24) is 9.80 Å². The molecule has 2 fully saturated rings. The Morgan fingerprint density at radius 3 is 2.43 bits per heavy atom. The average Bonchev–Trinajstić information content (AvgIpc) is 3.28. The molecular formula is C24H21F3N2O6S2. The van der Waals surface area contributed by atoms with Crippen molar-refractivity contribution in [2.45, 2.75) is 30.3 Å². The number of aliphatic carboxylic acids is 1. The lowest BCUT2D eigenvalue weighted by Gasteiger charge is -2.17. The Hall–Kier alpha value is -3.32. The highest BCUT2D eigenvalue weighted by atomic mass is 32.2. The molecule has 0 spiro atoms. The van der Waals surface area contributed by atoms with Crippen molar-refractivity contribution in [3.63, 3.8) is 0 Å². The van der Waals surface area contributed by atoms with Crippen LogP contribution < -0.4 is 4.74 Å². The number of alkyl halides is 3. The minimum absolute atomic E-state index is 0.0559. The van der Waals surface area contributed by atoms with E-state index in [0.717, 1.165) is 28.3 Å². The fourth-order valence-corrected chi connectivity index (χ4v) is 5.49. The van der Waals surface area contributed by atoms with Crippen LogP contribution in [-0.4, -0.2) is 68.7 Å². The Morgan fingerprint density at radius 1 is 1.16 bits per heavy atom. The molecule has 2 aliphatic heterocycles.